The van der Waals surface area contributed by atoms with Gasteiger partial charge in [0.05, 0.1) is 0 Å². The normalized spacial score (nSPS) is 14.8. The van der Waals surface area contributed by atoms with Gasteiger partial charge in [-0.2, -0.15) is 0 Å². The number of ketones is 1. The summed E-state index contributed by atoms with van der Waals surface area (Å²) in [6, 6.07) is 3.87. The molecule has 1 aliphatic rings. The summed E-state index contributed by atoms with van der Waals surface area (Å²) in [6.45, 7) is 5.24. The van der Waals surface area contributed by atoms with Gasteiger partial charge >= 0.3 is 5.97 Å². The first-order valence-corrected chi connectivity index (χ1v) is 8.93. The van der Waals surface area contributed by atoms with Gasteiger partial charge in [0.15, 0.2) is 6.61 Å². The summed E-state index contributed by atoms with van der Waals surface area (Å²) in [6.07, 6.45) is 5.06. The summed E-state index contributed by atoms with van der Waals surface area (Å²) in [5, 5.41) is 2.62. The second kappa shape index (κ2) is 8.79. The maximum Gasteiger partial charge on any atom is 0.325 e. The molecule has 2 rings (SSSR count). The second-order valence-electron chi connectivity index (χ2n) is 6.91. The first kappa shape index (κ1) is 19.2. The van der Waals surface area contributed by atoms with Crippen LogP contribution < -0.4 is 5.32 Å². The van der Waals surface area contributed by atoms with Gasteiger partial charge < -0.3 is 10.1 Å². The minimum Gasteiger partial charge on any atom is -0.456 e. The zero-order chi connectivity index (χ0) is 18.4. The van der Waals surface area contributed by atoms with Crippen molar-refractivity contribution in [1.82, 2.24) is 5.32 Å². The standard InChI is InChI=1S/C20H27NO4/c1-13-9-14(2)19(15(3)10-13)17(22)12-25-18(23)11-21-20(24)16-7-5-4-6-8-16/h9-10,16H,4-8,11-12H2,1-3H3,(H,21,24). The molecule has 1 aromatic carbocycles. The van der Waals surface area contributed by atoms with Crippen LogP contribution in [0.15, 0.2) is 12.1 Å². The van der Waals surface area contributed by atoms with E-state index in [1.807, 2.05) is 32.9 Å². The van der Waals surface area contributed by atoms with E-state index in [2.05, 4.69) is 5.32 Å². The van der Waals surface area contributed by atoms with E-state index in [-0.39, 0.29) is 30.8 Å². The highest BCUT2D eigenvalue weighted by atomic mass is 16.5. The van der Waals surface area contributed by atoms with Crippen molar-refractivity contribution in [2.75, 3.05) is 13.2 Å². The van der Waals surface area contributed by atoms with Crippen LogP contribution in [-0.4, -0.2) is 30.8 Å². The number of carbonyl (C=O) groups excluding carboxylic acids is 3. The van der Waals surface area contributed by atoms with Gasteiger partial charge in [-0.1, -0.05) is 37.0 Å². The predicted octanol–water partition coefficient (Wildman–Crippen LogP) is 3.03. The molecule has 0 bridgehead atoms. The van der Waals surface area contributed by atoms with Crippen LogP contribution in [0, 0.1) is 26.7 Å². The van der Waals surface area contributed by atoms with Crippen LogP contribution in [0.3, 0.4) is 0 Å². The smallest absolute Gasteiger partial charge is 0.325 e. The van der Waals surface area contributed by atoms with Crippen LogP contribution in [-0.2, 0) is 14.3 Å². The molecule has 1 saturated carbocycles. The Labute approximate surface area is 149 Å². The Hall–Kier alpha value is -2.17. The number of carbonyl (C=O) groups is 3. The lowest BCUT2D eigenvalue weighted by atomic mass is 9.89. The number of rotatable bonds is 6. The Morgan fingerprint density at radius 3 is 2.24 bits per heavy atom. The first-order chi connectivity index (χ1) is 11.9. The van der Waals surface area contributed by atoms with Gasteiger partial charge in [0.25, 0.3) is 0 Å². The molecule has 1 aromatic rings. The summed E-state index contributed by atoms with van der Waals surface area (Å²) >= 11 is 0. The number of ether oxygens (including phenoxy) is 1. The average molecular weight is 345 g/mol. The third-order valence-corrected chi connectivity index (χ3v) is 4.70. The van der Waals surface area contributed by atoms with Gasteiger partial charge in [0, 0.05) is 11.5 Å². The van der Waals surface area contributed by atoms with E-state index >= 15 is 0 Å². The van der Waals surface area contributed by atoms with Crippen LogP contribution in [0.5, 0.6) is 0 Å². The molecule has 0 spiro atoms. The SMILES string of the molecule is Cc1cc(C)c(C(=O)COC(=O)CNC(=O)C2CCCCC2)c(C)c1. The molecule has 136 valence electrons. The lowest BCUT2D eigenvalue weighted by molar-refractivity contribution is -0.143. The van der Waals surface area contributed by atoms with E-state index in [1.54, 1.807) is 0 Å². The molecule has 0 radical (unpaired) electrons. The van der Waals surface area contributed by atoms with Crippen molar-refractivity contribution >= 4 is 17.7 Å². The Kier molecular flexibility index (Phi) is 6.73. The first-order valence-electron chi connectivity index (χ1n) is 8.93. The zero-order valence-corrected chi connectivity index (χ0v) is 15.3. The molecule has 0 aliphatic heterocycles. The summed E-state index contributed by atoms with van der Waals surface area (Å²) in [5.41, 5.74) is 3.45. The minimum atomic E-state index is -0.583. The quantitative estimate of drug-likeness (QED) is 0.635. The fourth-order valence-electron chi connectivity index (χ4n) is 3.56. The molecule has 0 heterocycles. The summed E-state index contributed by atoms with van der Waals surface area (Å²) in [7, 11) is 0. The highest BCUT2D eigenvalue weighted by Gasteiger charge is 2.22. The van der Waals surface area contributed by atoms with Gasteiger partial charge in [0.1, 0.15) is 6.54 Å². The van der Waals surface area contributed by atoms with Crippen molar-refractivity contribution < 1.29 is 19.1 Å². The number of nitrogens with one attached hydrogen (secondary N) is 1. The zero-order valence-electron chi connectivity index (χ0n) is 15.3. The average Bonchev–Trinajstić information content (AvgIpc) is 2.57. The number of Topliss-reactive ketones (excluding diaryl/α,β-unsaturated/α-hetero) is 1. The van der Waals surface area contributed by atoms with Gasteiger partial charge in [-0.15, -0.1) is 0 Å². The Morgan fingerprint density at radius 2 is 1.64 bits per heavy atom. The maximum atomic E-state index is 12.3. The fraction of sp³-hybridized carbons (Fsp3) is 0.550. The number of aryl methyl sites for hydroxylation is 3. The Bertz CT molecular complexity index is 637. The number of hydrogen-bond acceptors (Lipinski definition) is 4. The third kappa shape index (κ3) is 5.41. The lowest BCUT2D eigenvalue weighted by Crippen LogP contribution is -2.36. The predicted molar refractivity (Wildman–Crippen MR) is 95.5 cm³/mol. The Balaban J connectivity index is 1.79. The monoisotopic (exact) mass is 345 g/mol. The van der Waals surface area contributed by atoms with E-state index in [0.29, 0.717) is 5.56 Å². The molecular weight excluding hydrogens is 318 g/mol. The lowest BCUT2D eigenvalue weighted by Gasteiger charge is -2.20. The molecule has 1 fully saturated rings. The van der Waals surface area contributed by atoms with Gasteiger partial charge in [-0.25, -0.2) is 0 Å². The molecular formula is C20H27NO4. The van der Waals surface area contributed by atoms with Gasteiger partial charge in [-0.3, -0.25) is 14.4 Å². The topological polar surface area (TPSA) is 72.5 Å². The van der Waals surface area contributed by atoms with Crippen LogP contribution in [0.1, 0.15) is 59.2 Å². The highest BCUT2D eigenvalue weighted by molar-refractivity contribution is 6.00. The molecule has 5 heteroatoms. The van der Waals surface area contributed by atoms with E-state index in [9.17, 15) is 14.4 Å². The fourth-order valence-corrected chi connectivity index (χ4v) is 3.56. The van der Waals surface area contributed by atoms with Crippen LogP contribution >= 0.6 is 0 Å². The van der Waals surface area contributed by atoms with Crippen molar-refractivity contribution in [1.29, 1.82) is 0 Å². The minimum absolute atomic E-state index is 0.000963. The van der Waals surface area contributed by atoms with E-state index in [4.69, 9.17) is 4.74 Å². The number of hydrogen-bond donors (Lipinski definition) is 1. The van der Waals surface area contributed by atoms with Gasteiger partial charge in [-0.05, 0) is 44.7 Å². The number of amides is 1. The summed E-state index contributed by atoms with van der Waals surface area (Å²) in [4.78, 5) is 36.1. The molecule has 25 heavy (non-hydrogen) atoms. The van der Waals surface area contributed by atoms with Crippen molar-refractivity contribution in [3.8, 4) is 0 Å². The van der Waals surface area contributed by atoms with E-state index < -0.39 is 5.97 Å². The second-order valence-corrected chi connectivity index (χ2v) is 6.91. The molecule has 0 aromatic heterocycles. The van der Waals surface area contributed by atoms with E-state index in [0.717, 1.165) is 42.4 Å². The molecule has 0 atom stereocenters. The molecule has 1 amide bonds. The summed E-state index contributed by atoms with van der Waals surface area (Å²) < 4.78 is 5.03. The van der Waals surface area contributed by atoms with Crippen molar-refractivity contribution in [3.63, 3.8) is 0 Å². The van der Waals surface area contributed by atoms with E-state index in [1.165, 1.54) is 6.42 Å². The number of esters is 1. The van der Waals surface area contributed by atoms with Crippen molar-refractivity contribution in [2.45, 2.75) is 52.9 Å². The Morgan fingerprint density at radius 1 is 1.04 bits per heavy atom. The molecule has 1 aliphatic carbocycles. The van der Waals surface area contributed by atoms with Crippen molar-refractivity contribution in [3.05, 3.63) is 34.4 Å². The number of benzene rings is 1. The van der Waals surface area contributed by atoms with Crippen LogP contribution in [0.25, 0.3) is 0 Å². The summed E-state index contributed by atoms with van der Waals surface area (Å²) in [5.74, 6) is -0.892. The van der Waals surface area contributed by atoms with Crippen LogP contribution in [0.2, 0.25) is 0 Å². The third-order valence-electron chi connectivity index (χ3n) is 4.70. The molecule has 0 saturated heterocycles. The van der Waals surface area contributed by atoms with Crippen molar-refractivity contribution in [2.24, 2.45) is 5.92 Å². The van der Waals surface area contributed by atoms with Gasteiger partial charge in [0.2, 0.25) is 11.7 Å². The largest absolute Gasteiger partial charge is 0.456 e. The maximum absolute atomic E-state index is 12.3. The molecule has 5 nitrogen and oxygen atoms in total. The molecule has 0 unspecified atom stereocenters. The molecule has 1 N–H and O–H groups in total. The highest BCUT2D eigenvalue weighted by Crippen LogP contribution is 2.23. The van der Waals surface area contributed by atoms with Crippen LogP contribution in [0.4, 0.5) is 0 Å².